The predicted molar refractivity (Wildman–Crippen MR) is 101 cm³/mol. The fraction of sp³-hybridized carbons (Fsp3) is 0.368. The number of piperazine rings is 1. The van der Waals surface area contributed by atoms with Crippen molar-refractivity contribution in [3.8, 4) is 0 Å². The summed E-state index contributed by atoms with van der Waals surface area (Å²) in [6.07, 6.45) is 1.82. The van der Waals surface area contributed by atoms with Gasteiger partial charge in [-0.25, -0.2) is 4.98 Å². The molecule has 1 amide bonds. The number of carbonyl (C=O) groups is 1. The Kier molecular flexibility index (Phi) is 6.02. The first-order chi connectivity index (χ1) is 12.1. The van der Waals surface area contributed by atoms with Crippen LogP contribution in [0, 0.1) is 6.92 Å². The molecule has 0 aliphatic carbocycles. The summed E-state index contributed by atoms with van der Waals surface area (Å²) in [6.45, 7) is 7.01. The average Bonchev–Trinajstić information content (AvgIpc) is 2.61. The number of rotatable bonds is 5. The van der Waals surface area contributed by atoms with Gasteiger partial charge in [0.1, 0.15) is 5.15 Å². The molecule has 3 rings (SSSR count). The first-order valence-electron chi connectivity index (χ1n) is 8.50. The fourth-order valence-electron chi connectivity index (χ4n) is 2.90. The molecule has 2 heterocycles. The largest absolute Gasteiger partial charge is 0.325 e. The molecule has 25 heavy (non-hydrogen) atoms. The molecular formula is C19H23ClN4O. The number of nitrogens with zero attached hydrogens (tertiary/aromatic N) is 3. The number of benzene rings is 1. The molecule has 5 nitrogen and oxygen atoms in total. The third-order valence-corrected chi connectivity index (χ3v) is 4.59. The van der Waals surface area contributed by atoms with Crippen molar-refractivity contribution >= 4 is 23.2 Å². The van der Waals surface area contributed by atoms with Crippen molar-refractivity contribution in [2.45, 2.75) is 13.5 Å². The van der Waals surface area contributed by atoms with Crippen molar-refractivity contribution in [2.24, 2.45) is 0 Å². The minimum absolute atomic E-state index is 0.0409. The van der Waals surface area contributed by atoms with Crippen molar-refractivity contribution in [1.82, 2.24) is 14.8 Å². The normalized spacial score (nSPS) is 15.9. The van der Waals surface area contributed by atoms with Crippen LogP contribution >= 0.6 is 11.6 Å². The van der Waals surface area contributed by atoms with Crippen molar-refractivity contribution in [2.75, 3.05) is 38.0 Å². The lowest BCUT2D eigenvalue weighted by Crippen LogP contribution is -2.48. The molecule has 1 aromatic heterocycles. The van der Waals surface area contributed by atoms with E-state index < -0.39 is 0 Å². The Balaban J connectivity index is 1.42. The zero-order valence-electron chi connectivity index (χ0n) is 14.4. The Labute approximate surface area is 153 Å². The van der Waals surface area contributed by atoms with E-state index in [2.05, 4.69) is 20.1 Å². The van der Waals surface area contributed by atoms with E-state index in [4.69, 9.17) is 11.6 Å². The molecule has 0 spiro atoms. The zero-order chi connectivity index (χ0) is 17.6. The van der Waals surface area contributed by atoms with Gasteiger partial charge in [0.25, 0.3) is 0 Å². The van der Waals surface area contributed by atoms with Gasteiger partial charge < -0.3 is 5.32 Å². The number of nitrogens with one attached hydrogen (secondary N) is 1. The molecule has 1 fully saturated rings. The summed E-state index contributed by atoms with van der Waals surface area (Å²) in [7, 11) is 0. The second kappa shape index (κ2) is 8.43. The smallest absolute Gasteiger partial charge is 0.238 e. The zero-order valence-corrected chi connectivity index (χ0v) is 15.2. The second-order valence-electron chi connectivity index (χ2n) is 6.46. The minimum Gasteiger partial charge on any atom is -0.325 e. The van der Waals surface area contributed by atoms with Gasteiger partial charge >= 0.3 is 0 Å². The topological polar surface area (TPSA) is 48.5 Å². The Bertz CT molecular complexity index is 694. The van der Waals surface area contributed by atoms with Crippen LogP contribution in [0.1, 0.15) is 11.1 Å². The van der Waals surface area contributed by atoms with Gasteiger partial charge in [-0.3, -0.25) is 14.6 Å². The van der Waals surface area contributed by atoms with Crippen LogP contribution in [0.5, 0.6) is 0 Å². The number of carbonyl (C=O) groups excluding carboxylic acids is 1. The van der Waals surface area contributed by atoms with Crippen LogP contribution in [0.4, 0.5) is 5.69 Å². The summed E-state index contributed by atoms with van der Waals surface area (Å²) in [5.74, 6) is 0.0409. The third-order valence-electron chi connectivity index (χ3n) is 4.36. The molecule has 1 N–H and O–H groups in total. The lowest BCUT2D eigenvalue weighted by atomic mass is 10.2. The number of aromatic nitrogens is 1. The standard InChI is InChI=1S/C19H23ClN4O/c1-15-2-5-17(6-3-15)22-19(25)14-24-10-8-23(9-11-24)13-16-4-7-18(20)21-12-16/h2-7,12H,8-11,13-14H2,1H3,(H,22,25). The second-order valence-corrected chi connectivity index (χ2v) is 6.84. The van der Waals surface area contributed by atoms with Gasteiger partial charge in [0, 0.05) is 44.6 Å². The molecule has 0 radical (unpaired) electrons. The number of amides is 1. The van der Waals surface area contributed by atoms with E-state index in [0.717, 1.165) is 44.0 Å². The molecule has 0 atom stereocenters. The van der Waals surface area contributed by atoms with Crippen molar-refractivity contribution < 1.29 is 4.79 Å². The molecule has 1 aliphatic rings. The van der Waals surface area contributed by atoms with E-state index >= 15 is 0 Å². The quantitative estimate of drug-likeness (QED) is 0.835. The number of hydrogen-bond donors (Lipinski definition) is 1. The van der Waals surface area contributed by atoms with E-state index in [9.17, 15) is 4.79 Å². The monoisotopic (exact) mass is 358 g/mol. The van der Waals surface area contributed by atoms with Gasteiger partial charge in [0.05, 0.1) is 6.54 Å². The number of halogens is 1. The van der Waals surface area contributed by atoms with Gasteiger partial charge in [-0.2, -0.15) is 0 Å². The summed E-state index contributed by atoms with van der Waals surface area (Å²) in [4.78, 5) is 20.9. The first-order valence-corrected chi connectivity index (χ1v) is 8.88. The molecule has 0 bridgehead atoms. The van der Waals surface area contributed by atoms with Crippen LogP contribution in [0.15, 0.2) is 42.6 Å². The molecule has 1 aliphatic heterocycles. The molecule has 1 aromatic carbocycles. The lowest BCUT2D eigenvalue weighted by molar-refractivity contribution is -0.117. The summed E-state index contributed by atoms with van der Waals surface area (Å²) in [6, 6.07) is 11.7. The minimum atomic E-state index is 0.0409. The Hall–Kier alpha value is -1.95. The molecule has 0 saturated carbocycles. The maximum Gasteiger partial charge on any atom is 0.238 e. The Morgan fingerprint density at radius 2 is 1.76 bits per heavy atom. The predicted octanol–water partition coefficient (Wildman–Crippen LogP) is 2.80. The Morgan fingerprint density at radius 1 is 1.08 bits per heavy atom. The van der Waals surface area contributed by atoms with Crippen LogP contribution in [-0.4, -0.2) is 53.4 Å². The van der Waals surface area contributed by atoms with Crippen molar-refractivity contribution in [3.63, 3.8) is 0 Å². The van der Waals surface area contributed by atoms with E-state index in [1.807, 2.05) is 49.5 Å². The van der Waals surface area contributed by atoms with Crippen molar-refractivity contribution in [3.05, 3.63) is 58.9 Å². The summed E-state index contributed by atoms with van der Waals surface area (Å²) < 4.78 is 0. The van der Waals surface area contributed by atoms with E-state index in [-0.39, 0.29) is 5.91 Å². The highest BCUT2D eigenvalue weighted by Crippen LogP contribution is 2.11. The highest BCUT2D eigenvalue weighted by molar-refractivity contribution is 6.29. The van der Waals surface area contributed by atoms with Gasteiger partial charge in [0.2, 0.25) is 5.91 Å². The van der Waals surface area contributed by atoms with Crippen LogP contribution in [0.3, 0.4) is 0 Å². The number of anilines is 1. The van der Waals surface area contributed by atoms with Gasteiger partial charge in [-0.05, 0) is 30.7 Å². The van der Waals surface area contributed by atoms with Gasteiger partial charge in [0.15, 0.2) is 0 Å². The molecule has 6 heteroatoms. The van der Waals surface area contributed by atoms with E-state index in [0.29, 0.717) is 11.7 Å². The molecule has 132 valence electrons. The highest BCUT2D eigenvalue weighted by Gasteiger charge is 2.19. The van der Waals surface area contributed by atoms with Crippen molar-refractivity contribution in [1.29, 1.82) is 0 Å². The average molecular weight is 359 g/mol. The van der Waals surface area contributed by atoms with Crippen LogP contribution in [0.2, 0.25) is 5.15 Å². The Morgan fingerprint density at radius 3 is 2.40 bits per heavy atom. The fourth-order valence-corrected chi connectivity index (χ4v) is 3.02. The van der Waals surface area contributed by atoms with E-state index in [1.54, 1.807) is 0 Å². The SMILES string of the molecule is Cc1ccc(NC(=O)CN2CCN(Cc3ccc(Cl)nc3)CC2)cc1. The van der Waals surface area contributed by atoms with Gasteiger partial charge in [-0.15, -0.1) is 0 Å². The maximum atomic E-state index is 12.2. The molecule has 0 unspecified atom stereocenters. The number of hydrogen-bond acceptors (Lipinski definition) is 4. The summed E-state index contributed by atoms with van der Waals surface area (Å²) in [5.41, 5.74) is 3.20. The number of pyridine rings is 1. The van der Waals surface area contributed by atoms with Gasteiger partial charge in [-0.1, -0.05) is 35.4 Å². The first kappa shape index (κ1) is 17.9. The van der Waals surface area contributed by atoms with Crippen LogP contribution in [-0.2, 0) is 11.3 Å². The van der Waals surface area contributed by atoms with Crippen LogP contribution < -0.4 is 5.32 Å². The number of aryl methyl sites for hydroxylation is 1. The molecular weight excluding hydrogens is 336 g/mol. The summed E-state index contributed by atoms with van der Waals surface area (Å²) >= 11 is 5.82. The van der Waals surface area contributed by atoms with E-state index in [1.165, 1.54) is 5.56 Å². The lowest BCUT2D eigenvalue weighted by Gasteiger charge is -2.34. The molecule has 1 saturated heterocycles. The third kappa shape index (κ3) is 5.53. The van der Waals surface area contributed by atoms with Crippen LogP contribution in [0.25, 0.3) is 0 Å². The summed E-state index contributed by atoms with van der Waals surface area (Å²) in [5, 5.41) is 3.48. The maximum absolute atomic E-state index is 12.2. The highest BCUT2D eigenvalue weighted by atomic mass is 35.5. The molecule has 2 aromatic rings.